The first-order valence-corrected chi connectivity index (χ1v) is 3.98. The molecule has 0 bridgehead atoms. The summed E-state index contributed by atoms with van der Waals surface area (Å²) in [6.07, 6.45) is 0.922. The summed E-state index contributed by atoms with van der Waals surface area (Å²) in [5, 5.41) is 9.57. The summed E-state index contributed by atoms with van der Waals surface area (Å²) in [6, 6.07) is 0.578. The van der Waals surface area contributed by atoms with Crippen molar-refractivity contribution in [2.75, 3.05) is 13.1 Å². The Morgan fingerprint density at radius 3 is 2.30 bits per heavy atom. The molecule has 2 nitrogen and oxygen atoms in total. The Bertz CT molecular complexity index is 120. The van der Waals surface area contributed by atoms with E-state index in [0.717, 1.165) is 19.5 Å². The highest BCUT2D eigenvalue weighted by Crippen LogP contribution is 2.21. The van der Waals surface area contributed by atoms with Gasteiger partial charge in [0.05, 0.1) is 5.60 Å². The molecule has 1 rings (SSSR count). The first-order valence-electron chi connectivity index (χ1n) is 3.98. The van der Waals surface area contributed by atoms with Crippen LogP contribution in [-0.2, 0) is 0 Å². The van der Waals surface area contributed by atoms with Crippen molar-refractivity contribution in [3.05, 3.63) is 0 Å². The Kier molecular flexibility index (Phi) is 2.02. The third kappa shape index (κ3) is 1.70. The second-order valence-electron chi connectivity index (χ2n) is 3.81. The summed E-state index contributed by atoms with van der Waals surface area (Å²) in [7, 11) is 0. The fraction of sp³-hybridized carbons (Fsp3) is 1.00. The molecule has 1 aliphatic rings. The van der Waals surface area contributed by atoms with Crippen molar-refractivity contribution < 1.29 is 5.11 Å². The number of hydrogen-bond acceptors (Lipinski definition) is 2. The molecule has 10 heavy (non-hydrogen) atoms. The molecule has 1 N–H and O–H groups in total. The van der Waals surface area contributed by atoms with Crippen molar-refractivity contribution in [2.24, 2.45) is 0 Å². The van der Waals surface area contributed by atoms with Gasteiger partial charge in [0.15, 0.2) is 0 Å². The Balaban J connectivity index is 2.43. The van der Waals surface area contributed by atoms with Crippen LogP contribution < -0.4 is 0 Å². The van der Waals surface area contributed by atoms with Crippen LogP contribution in [0, 0.1) is 0 Å². The minimum Gasteiger partial charge on any atom is -0.389 e. The molecule has 0 aliphatic carbocycles. The third-order valence-corrected chi connectivity index (χ3v) is 2.21. The van der Waals surface area contributed by atoms with E-state index in [1.807, 2.05) is 6.92 Å². The molecule has 0 unspecified atom stereocenters. The highest BCUT2D eigenvalue weighted by Gasteiger charge is 2.31. The summed E-state index contributed by atoms with van der Waals surface area (Å²) < 4.78 is 0. The molecule has 0 spiro atoms. The smallest absolute Gasteiger partial charge is 0.0758 e. The fourth-order valence-corrected chi connectivity index (χ4v) is 1.42. The van der Waals surface area contributed by atoms with E-state index in [4.69, 9.17) is 0 Å². The van der Waals surface area contributed by atoms with Gasteiger partial charge in [0.1, 0.15) is 0 Å². The number of rotatable bonds is 1. The molecule has 0 saturated carbocycles. The van der Waals surface area contributed by atoms with E-state index in [1.165, 1.54) is 0 Å². The van der Waals surface area contributed by atoms with Crippen LogP contribution in [0.3, 0.4) is 0 Å². The SMILES string of the molecule is CC(C)N1CC[C@@](C)(O)C1. The molecular formula is C8H17NO. The van der Waals surface area contributed by atoms with Crippen LogP contribution in [0.5, 0.6) is 0 Å². The molecule has 1 aliphatic heterocycles. The van der Waals surface area contributed by atoms with Crippen LogP contribution in [0.1, 0.15) is 27.2 Å². The second-order valence-corrected chi connectivity index (χ2v) is 3.81. The first kappa shape index (κ1) is 8.02. The second kappa shape index (κ2) is 2.51. The van der Waals surface area contributed by atoms with Gasteiger partial charge in [0.2, 0.25) is 0 Å². The van der Waals surface area contributed by atoms with Crippen molar-refractivity contribution in [1.29, 1.82) is 0 Å². The van der Waals surface area contributed by atoms with Gasteiger partial charge in [-0.1, -0.05) is 0 Å². The molecule has 0 aromatic rings. The van der Waals surface area contributed by atoms with Crippen LogP contribution >= 0.6 is 0 Å². The number of nitrogens with zero attached hydrogens (tertiary/aromatic N) is 1. The molecule has 1 heterocycles. The van der Waals surface area contributed by atoms with E-state index in [9.17, 15) is 5.11 Å². The molecule has 0 amide bonds. The quantitative estimate of drug-likeness (QED) is 0.588. The number of likely N-dealkylation sites (tertiary alicyclic amines) is 1. The van der Waals surface area contributed by atoms with Crippen LogP contribution in [0.2, 0.25) is 0 Å². The molecule has 60 valence electrons. The van der Waals surface area contributed by atoms with Gasteiger partial charge in [0, 0.05) is 19.1 Å². The lowest BCUT2D eigenvalue weighted by molar-refractivity contribution is 0.0646. The summed E-state index contributed by atoms with van der Waals surface area (Å²) in [5.41, 5.74) is -0.426. The Labute approximate surface area is 62.8 Å². The van der Waals surface area contributed by atoms with Gasteiger partial charge < -0.3 is 5.11 Å². The predicted molar refractivity (Wildman–Crippen MR) is 41.9 cm³/mol. The highest BCUT2D eigenvalue weighted by molar-refractivity contribution is 4.86. The number of hydrogen-bond donors (Lipinski definition) is 1. The lowest BCUT2D eigenvalue weighted by Crippen LogP contribution is -2.33. The topological polar surface area (TPSA) is 23.5 Å². The number of aliphatic hydroxyl groups is 1. The highest BCUT2D eigenvalue weighted by atomic mass is 16.3. The first-order chi connectivity index (χ1) is 4.51. The minimum absolute atomic E-state index is 0.426. The molecule has 1 saturated heterocycles. The standard InChI is InChI=1S/C8H17NO/c1-7(2)9-5-4-8(3,10)6-9/h7,10H,4-6H2,1-3H3/t8-/m1/s1. The maximum absolute atomic E-state index is 9.57. The largest absolute Gasteiger partial charge is 0.389 e. The van der Waals surface area contributed by atoms with E-state index in [-0.39, 0.29) is 0 Å². The normalized spacial score (nSPS) is 35.7. The average Bonchev–Trinajstić information content (AvgIpc) is 2.10. The summed E-state index contributed by atoms with van der Waals surface area (Å²) in [6.45, 7) is 8.13. The molecule has 0 aromatic heterocycles. The minimum atomic E-state index is -0.426. The lowest BCUT2D eigenvalue weighted by Gasteiger charge is -2.21. The van der Waals surface area contributed by atoms with Crippen molar-refractivity contribution in [2.45, 2.75) is 38.8 Å². The van der Waals surface area contributed by atoms with Crippen LogP contribution in [-0.4, -0.2) is 34.7 Å². The average molecular weight is 143 g/mol. The fourth-order valence-electron chi connectivity index (χ4n) is 1.42. The zero-order valence-electron chi connectivity index (χ0n) is 7.09. The molecule has 0 aromatic carbocycles. The Hall–Kier alpha value is -0.0800. The van der Waals surface area contributed by atoms with Crippen molar-refractivity contribution >= 4 is 0 Å². The van der Waals surface area contributed by atoms with Crippen LogP contribution in [0.4, 0.5) is 0 Å². The molecule has 2 heteroatoms. The molecule has 0 radical (unpaired) electrons. The lowest BCUT2D eigenvalue weighted by atomic mass is 10.1. The van der Waals surface area contributed by atoms with Gasteiger partial charge in [0.25, 0.3) is 0 Å². The van der Waals surface area contributed by atoms with E-state index in [1.54, 1.807) is 0 Å². The van der Waals surface area contributed by atoms with Gasteiger partial charge in [-0.15, -0.1) is 0 Å². The Morgan fingerprint density at radius 2 is 2.10 bits per heavy atom. The summed E-state index contributed by atoms with van der Waals surface area (Å²) in [5.74, 6) is 0. The van der Waals surface area contributed by atoms with Crippen LogP contribution in [0.15, 0.2) is 0 Å². The van der Waals surface area contributed by atoms with Gasteiger partial charge in [-0.2, -0.15) is 0 Å². The van der Waals surface area contributed by atoms with Crippen LogP contribution in [0.25, 0.3) is 0 Å². The van der Waals surface area contributed by atoms with Crippen molar-refractivity contribution in [1.82, 2.24) is 4.90 Å². The monoisotopic (exact) mass is 143 g/mol. The van der Waals surface area contributed by atoms with Gasteiger partial charge >= 0.3 is 0 Å². The molecule has 1 fully saturated rings. The zero-order valence-corrected chi connectivity index (χ0v) is 7.09. The van der Waals surface area contributed by atoms with Crippen molar-refractivity contribution in [3.8, 4) is 0 Å². The zero-order chi connectivity index (χ0) is 7.78. The van der Waals surface area contributed by atoms with Gasteiger partial charge in [-0.05, 0) is 27.2 Å². The summed E-state index contributed by atoms with van der Waals surface area (Å²) in [4.78, 5) is 2.31. The maximum Gasteiger partial charge on any atom is 0.0758 e. The van der Waals surface area contributed by atoms with Gasteiger partial charge in [-0.3, -0.25) is 4.90 Å². The molecule has 1 atom stereocenters. The van der Waals surface area contributed by atoms with E-state index in [0.29, 0.717) is 6.04 Å². The van der Waals surface area contributed by atoms with E-state index >= 15 is 0 Å². The van der Waals surface area contributed by atoms with E-state index < -0.39 is 5.60 Å². The van der Waals surface area contributed by atoms with Crippen molar-refractivity contribution in [3.63, 3.8) is 0 Å². The molecular weight excluding hydrogens is 126 g/mol. The maximum atomic E-state index is 9.57. The number of β-amino-alcohol motifs (C(OH)–C–C–N with tert-alkyl or cyclic N) is 1. The summed E-state index contributed by atoms with van der Waals surface area (Å²) >= 11 is 0. The third-order valence-electron chi connectivity index (χ3n) is 2.21. The Morgan fingerprint density at radius 1 is 1.50 bits per heavy atom. The predicted octanol–water partition coefficient (Wildman–Crippen LogP) is 0.851. The van der Waals surface area contributed by atoms with E-state index in [2.05, 4.69) is 18.7 Å². The van der Waals surface area contributed by atoms with Gasteiger partial charge in [-0.25, -0.2) is 0 Å².